The Morgan fingerprint density at radius 2 is 1.96 bits per heavy atom. The van der Waals surface area contributed by atoms with Crippen LogP contribution in [-0.2, 0) is 9.53 Å². The average molecular weight is 432 g/mol. The molecule has 0 unspecified atom stereocenters. The van der Waals surface area contributed by atoms with Gasteiger partial charge >= 0.3 is 5.97 Å². The number of amides is 1. The topological polar surface area (TPSA) is 93.3 Å². The fourth-order valence-electron chi connectivity index (χ4n) is 2.44. The molecule has 1 aromatic heterocycles. The second-order valence-electron chi connectivity index (χ2n) is 5.65. The Labute approximate surface area is 164 Å². The summed E-state index contributed by atoms with van der Waals surface area (Å²) in [5, 5.41) is 10.2. The largest absolute Gasteiger partial charge is 0.490 e. The molecule has 0 fully saturated rings. The maximum absolute atomic E-state index is 12.2. The highest BCUT2D eigenvalue weighted by Crippen LogP contribution is 2.17. The third-order valence-electron chi connectivity index (χ3n) is 3.71. The number of nitrogens with one attached hydrogen (secondary N) is 2. The van der Waals surface area contributed by atoms with E-state index in [1.165, 1.54) is 0 Å². The molecule has 0 saturated carbocycles. The van der Waals surface area contributed by atoms with E-state index in [-0.39, 0.29) is 32.1 Å². The van der Waals surface area contributed by atoms with Crippen LogP contribution in [0.15, 0.2) is 53.0 Å². The highest BCUT2D eigenvalue weighted by Gasteiger charge is 2.13. The van der Waals surface area contributed by atoms with Gasteiger partial charge in [0.25, 0.3) is 5.91 Å². The van der Waals surface area contributed by atoms with Gasteiger partial charge in [-0.05, 0) is 24.3 Å². The van der Waals surface area contributed by atoms with Crippen molar-refractivity contribution in [2.24, 2.45) is 0 Å². The lowest BCUT2D eigenvalue weighted by Gasteiger charge is -2.08. The van der Waals surface area contributed by atoms with E-state index in [1.54, 1.807) is 0 Å². The first-order valence-electron chi connectivity index (χ1n) is 8.39. The molecule has 0 atom stereocenters. The van der Waals surface area contributed by atoms with Gasteiger partial charge in [-0.2, -0.15) is 5.10 Å². The predicted octanol–water partition coefficient (Wildman–Crippen LogP) is 3.07. The monoisotopic (exact) mass is 431 g/mol. The van der Waals surface area contributed by atoms with Gasteiger partial charge in [-0.1, -0.05) is 40.2 Å². The van der Waals surface area contributed by atoms with Crippen LogP contribution in [0, 0.1) is 0 Å². The number of H-pyrrole nitrogens is 1. The van der Waals surface area contributed by atoms with Gasteiger partial charge in [0, 0.05) is 16.4 Å². The molecule has 0 radical (unpaired) electrons. The van der Waals surface area contributed by atoms with Crippen LogP contribution in [0.3, 0.4) is 0 Å². The summed E-state index contributed by atoms with van der Waals surface area (Å²) in [6.45, 7) is 0.572. The molecule has 0 aliphatic rings. The molecule has 0 saturated heterocycles. The quantitative estimate of drug-likeness (QED) is 0.422. The lowest BCUT2D eigenvalue weighted by atomic mass is 10.2. The number of aromatic amines is 1. The van der Waals surface area contributed by atoms with Gasteiger partial charge < -0.3 is 14.8 Å². The zero-order valence-corrected chi connectivity index (χ0v) is 16.0. The molecule has 1 amide bonds. The van der Waals surface area contributed by atoms with Gasteiger partial charge in [0.1, 0.15) is 19.0 Å². The molecule has 0 aliphatic carbocycles. The number of hydrogen-bond donors (Lipinski definition) is 2. The van der Waals surface area contributed by atoms with Crippen molar-refractivity contribution in [1.29, 1.82) is 0 Å². The van der Waals surface area contributed by atoms with Crippen LogP contribution in [-0.4, -0.2) is 41.8 Å². The second kappa shape index (κ2) is 9.18. The summed E-state index contributed by atoms with van der Waals surface area (Å²) in [7, 11) is 0. The van der Waals surface area contributed by atoms with E-state index in [0.29, 0.717) is 11.4 Å². The van der Waals surface area contributed by atoms with E-state index < -0.39 is 5.97 Å². The number of ether oxygens (including phenoxy) is 2. The van der Waals surface area contributed by atoms with Crippen LogP contribution in [0.1, 0.15) is 16.9 Å². The SMILES string of the molecule is O=C(CCNC(=O)c1n[nH]c2ccccc12)OCCOc1cccc(Br)c1. The molecular weight excluding hydrogens is 414 g/mol. The Morgan fingerprint density at radius 1 is 1.11 bits per heavy atom. The van der Waals surface area contributed by atoms with Crippen molar-refractivity contribution in [1.82, 2.24) is 15.5 Å². The summed E-state index contributed by atoms with van der Waals surface area (Å²) in [6.07, 6.45) is 0.0744. The van der Waals surface area contributed by atoms with E-state index in [9.17, 15) is 9.59 Å². The third-order valence-corrected chi connectivity index (χ3v) is 4.20. The minimum atomic E-state index is -0.403. The van der Waals surface area contributed by atoms with Crippen LogP contribution in [0.4, 0.5) is 0 Å². The number of halogens is 1. The Bertz CT molecular complexity index is 941. The smallest absolute Gasteiger partial charge is 0.307 e. The van der Waals surface area contributed by atoms with Crippen LogP contribution in [0.2, 0.25) is 0 Å². The zero-order chi connectivity index (χ0) is 19.1. The molecule has 140 valence electrons. The zero-order valence-electron chi connectivity index (χ0n) is 14.4. The maximum Gasteiger partial charge on any atom is 0.307 e. The van der Waals surface area contributed by atoms with Crippen molar-refractivity contribution in [2.75, 3.05) is 19.8 Å². The summed E-state index contributed by atoms with van der Waals surface area (Å²) in [5.41, 5.74) is 1.09. The van der Waals surface area contributed by atoms with Gasteiger partial charge in [-0.25, -0.2) is 0 Å². The van der Waals surface area contributed by atoms with Gasteiger partial charge in [0.05, 0.1) is 11.9 Å². The molecule has 3 rings (SSSR count). The Balaban J connectivity index is 1.35. The molecule has 2 aromatic carbocycles. The molecule has 0 aliphatic heterocycles. The van der Waals surface area contributed by atoms with Crippen molar-refractivity contribution >= 4 is 38.7 Å². The number of nitrogens with zero attached hydrogens (tertiary/aromatic N) is 1. The van der Waals surface area contributed by atoms with E-state index in [2.05, 4.69) is 31.4 Å². The standard InChI is InChI=1S/C19H18BrN3O4/c20-13-4-3-5-14(12-13)26-10-11-27-17(24)8-9-21-19(25)18-15-6-1-2-7-16(15)22-23-18/h1-7,12H,8-11H2,(H,21,25)(H,22,23). The van der Waals surface area contributed by atoms with Gasteiger partial charge in [0.2, 0.25) is 0 Å². The fourth-order valence-corrected chi connectivity index (χ4v) is 2.82. The van der Waals surface area contributed by atoms with Gasteiger partial charge in [0.15, 0.2) is 5.69 Å². The van der Waals surface area contributed by atoms with E-state index in [1.807, 2.05) is 48.5 Å². The normalized spacial score (nSPS) is 10.6. The van der Waals surface area contributed by atoms with Gasteiger partial charge in [-0.15, -0.1) is 0 Å². The first-order chi connectivity index (χ1) is 13.1. The van der Waals surface area contributed by atoms with Crippen LogP contribution in [0.5, 0.6) is 5.75 Å². The number of carbonyl (C=O) groups is 2. The molecule has 1 heterocycles. The Kier molecular flexibility index (Phi) is 6.43. The molecular formula is C19H18BrN3O4. The van der Waals surface area contributed by atoms with E-state index in [4.69, 9.17) is 9.47 Å². The van der Waals surface area contributed by atoms with Crippen LogP contribution in [0.25, 0.3) is 10.9 Å². The number of esters is 1. The van der Waals surface area contributed by atoms with Crippen molar-refractivity contribution in [3.63, 3.8) is 0 Å². The summed E-state index contributed by atoms with van der Waals surface area (Å²) in [5.74, 6) is -0.0443. The average Bonchev–Trinajstić information content (AvgIpc) is 3.09. The molecule has 0 spiro atoms. The van der Waals surface area contributed by atoms with Crippen LogP contribution < -0.4 is 10.1 Å². The van der Waals surface area contributed by atoms with E-state index in [0.717, 1.165) is 15.4 Å². The number of para-hydroxylation sites is 1. The molecule has 0 bridgehead atoms. The van der Waals surface area contributed by atoms with Crippen molar-refractivity contribution < 1.29 is 19.1 Å². The molecule has 8 heteroatoms. The minimum Gasteiger partial charge on any atom is -0.490 e. The lowest BCUT2D eigenvalue weighted by molar-refractivity contribution is -0.144. The predicted molar refractivity (Wildman–Crippen MR) is 104 cm³/mol. The number of aromatic nitrogens is 2. The lowest BCUT2D eigenvalue weighted by Crippen LogP contribution is -2.27. The highest BCUT2D eigenvalue weighted by atomic mass is 79.9. The summed E-state index contributed by atoms with van der Waals surface area (Å²) in [4.78, 5) is 23.9. The van der Waals surface area contributed by atoms with Gasteiger partial charge in [-0.3, -0.25) is 14.7 Å². The fraction of sp³-hybridized carbons (Fsp3) is 0.211. The maximum atomic E-state index is 12.2. The minimum absolute atomic E-state index is 0.0744. The van der Waals surface area contributed by atoms with E-state index >= 15 is 0 Å². The van der Waals surface area contributed by atoms with Crippen molar-refractivity contribution in [3.8, 4) is 5.75 Å². The molecule has 2 N–H and O–H groups in total. The summed E-state index contributed by atoms with van der Waals surface area (Å²) < 4.78 is 11.5. The number of hydrogen-bond acceptors (Lipinski definition) is 5. The first-order valence-corrected chi connectivity index (χ1v) is 9.18. The third kappa shape index (κ3) is 5.30. The first kappa shape index (κ1) is 18.9. The summed E-state index contributed by atoms with van der Waals surface area (Å²) in [6, 6.07) is 14.8. The Morgan fingerprint density at radius 3 is 2.81 bits per heavy atom. The number of benzene rings is 2. The molecule has 27 heavy (non-hydrogen) atoms. The number of carbonyl (C=O) groups excluding carboxylic acids is 2. The number of fused-ring (bicyclic) bond motifs is 1. The second-order valence-corrected chi connectivity index (χ2v) is 6.57. The summed E-state index contributed by atoms with van der Waals surface area (Å²) >= 11 is 3.36. The molecule has 7 nitrogen and oxygen atoms in total. The highest BCUT2D eigenvalue weighted by molar-refractivity contribution is 9.10. The molecule has 3 aromatic rings. The number of rotatable bonds is 8. The van der Waals surface area contributed by atoms with Crippen molar-refractivity contribution in [3.05, 3.63) is 58.7 Å². The van der Waals surface area contributed by atoms with Crippen molar-refractivity contribution in [2.45, 2.75) is 6.42 Å². The van der Waals surface area contributed by atoms with Crippen LogP contribution >= 0.6 is 15.9 Å². The Hall–Kier alpha value is -2.87.